The van der Waals surface area contributed by atoms with Crippen LogP contribution in [0.1, 0.15) is 58.7 Å². The Morgan fingerprint density at radius 2 is 2.05 bits per heavy atom. The summed E-state index contributed by atoms with van der Waals surface area (Å²) in [7, 11) is 0. The van der Waals surface area contributed by atoms with Gasteiger partial charge in [0.05, 0.1) is 0 Å². The predicted octanol–water partition coefficient (Wildman–Crippen LogP) is 2.77. The van der Waals surface area contributed by atoms with E-state index in [1.54, 1.807) is 6.33 Å². The molecule has 1 aliphatic carbocycles. The molecule has 0 bridgehead atoms. The molecule has 2 N–H and O–H groups in total. The van der Waals surface area contributed by atoms with E-state index in [2.05, 4.69) is 30.9 Å². The lowest BCUT2D eigenvalue weighted by molar-refractivity contribution is 0.215. The van der Waals surface area contributed by atoms with E-state index in [1.165, 1.54) is 32.1 Å². The molecule has 0 amide bonds. The highest BCUT2D eigenvalue weighted by Crippen LogP contribution is 2.43. The second-order valence-electron chi connectivity index (χ2n) is 6.49. The Labute approximate surface area is 116 Å². The molecule has 1 atom stereocenters. The lowest BCUT2D eigenvalue weighted by Crippen LogP contribution is -2.41. The summed E-state index contributed by atoms with van der Waals surface area (Å²) in [6, 6.07) is 0.218. The second kappa shape index (κ2) is 6.04. The van der Waals surface area contributed by atoms with E-state index >= 15 is 0 Å². The summed E-state index contributed by atoms with van der Waals surface area (Å²) in [5.74, 6) is 1.64. The number of aromatic nitrogens is 3. The maximum absolute atomic E-state index is 6.53. The molecule has 4 heteroatoms. The van der Waals surface area contributed by atoms with Gasteiger partial charge in [0.2, 0.25) is 0 Å². The molecule has 2 rings (SSSR count). The van der Waals surface area contributed by atoms with Crippen molar-refractivity contribution < 1.29 is 0 Å². The van der Waals surface area contributed by atoms with Crippen LogP contribution in [0, 0.1) is 11.3 Å². The summed E-state index contributed by atoms with van der Waals surface area (Å²) in [4.78, 5) is 4.42. The maximum atomic E-state index is 6.53. The minimum atomic E-state index is 0.218. The average Bonchev–Trinajstić information content (AvgIpc) is 2.99. The van der Waals surface area contributed by atoms with Gasteiger partial charge in [-0.15, -0.1) is 0 Å². The highest BCUT2D eigenvalue weighted by atomic mass is 15.3. The summed E-state index contributed by atoms with van der Waals surface area (Å²) in [5, 5.41) is 4.33. The van der Waals surface area contributed by atoms with Gasteiger partial charge < -0.3 is 5.73 Å². The van der Waals surface area contributed by atoms with Crippen molar-refractivity contribution in [3.63, 3.8) is 0 Å². The van der Waals surface area contributed by atoms with Crippen LogP contribution in [-0.4, -0.2) is 20.8 Å². The molecule has 1 fully saturated rings. The van der Waals surface area contributed by atoms with Crippen LogP contribution in [0.2, 0.25) is 0 Å². The number of rotatable bonds is 6. The Morgan fingerprint density at radius 3 is 2.63 bits per heavy atom. The Morgan fingerprint density at radius 1 is 1.37 bits per heavy atom. The van der Waals surface area contributed by atoms with Crippen molar-refractivity contribution >= 4 is 0 Å². The molecular formula is C15H28N4. The van der Waals surface area contributed by atoms with E-state index in [0.29, 0.717) is 11.3 Å². The highest BCUT2D eigenvalue weighted by Gasteiger charge is 2.38. The van der Waals surface area contributed by atoms with Crippen LogP contribution in [-0.2, 0) is 13.0 Å². The molecule has 1 unspecified atom stereocenters. The molecule has 0 aromatic carbocycles. The summed E-state index contributed by atoms with van der Waals surface area (Å²) in [6.07, 6.45) is 8.94. The van der Waals surface area contributed by atoms with Gasteiger partial charge in [0.25, 0.3) is 0 Å². The molecule has 1 heterocycles. The van der Waals surface area contributed by atoms with Crippen molar-refractivity contribution in [2.45, 2.75) is 71.9 Å². The van der Waals surface area contributed by atoms with Gasteiger partial charge in [0.1, 0.15) is 12.2 Å². The molecule has 1 aromatic rings. The Balaban J connectivity index is 2.06. The SMILES string of the molecule is CCC1(C(N)Cc2ncnn2CC(C)C)CCCC1. The number of nitrogens with zero attached hydrogens (tertiary/aromatic N) is 3. The summed E-state index contributed by atoms with van der Waals surface area (Å²) in [5.41, 5.74) is 6.88. The van der Waals surface area contributed by atoms with Crippen LogP contribution >= 0.6 is 0 Å². The largest absolute Gasteiger partial charge is 0.327 e. The molecule has 1 aliphatic rings. The smallest absolute Gasteiger partial charge is 0.138 e. The van der Waals surface area contributed by atoms with Crippen LogP contribution < -0.4 is 5.73 Å². The topological polar surface area (TPSA) is 56.7 Å². The first kappa shape index (κ1) is 14.5. The predicted molar refractivity (Wildman–Crippen MR) is 77.7 cm³/mol. The quantitative estimate of drug-likeness (QED) is 0.859. The standard InChI is InChI=1S/C15H28N4/c1-4-15(7-5-6-8-15)13(16)9-14-17-11-18-19(14)10-12(2)3/h11-13H,4-10,16H2,1-3H3. The minimum Gasteiger partial charge on any atom is -0.327 e. The van der Waals surface area contributed by atoms with Crippen LogP contribution in [0.3, 0.4) is 0 Å². The van der Waals surface area contributed by atoms with Gasteiger partial charge in [0, 0.05) is 19.0 Å². The van der Waals surface area contributed by atoms with Crippen LogP contribution in [0.25, 0.3) is 0 Å². The van der Waals surface area contributed by atoms with Gasteiger partial charge in [-0.25, -0.2) is 9.67 Å². The van der Waals surface area contributed by atoms with Crippen molar-refractivity contribution in [2.75, 3.05) is 0 Å². The van der Waals surface area contributed by atoms with Gasteiger partial charge in [-0.1, -0.05) is 33.6 Å². The Bertz CT molecular complexity index is 391. The van der Waals surface area contributed by atoms with E-state index in [-0.39, 0.29) is 6.04 Å². The minimum absolute atomic E-state index is 0.218. The summed E-state index contributed by atoms with van der Waals surface area (Å²) < 4.78 is 2.03. The second-order valence-corrected chi connectivity index (χ2v) is 6.49. The summed E-state index contributed by atoms with van der Waals surface area (Å²) in [6.45, 7) is 7.62. The molecule has 0 saturated heterocycles. The number of hydrogen-bond acceptors (Lipinski definition) is 3. The number of nitrogens with two attached hydrogens (primary N) is 1. The van der Waals surface area contributed by atoms with Crippen molar-refractivity contribution in [1.82, 2.24) is 14.8 Å². The monoisotopic (exact) mass is 264 g/mol. The zero-order valence-electron chi connectivity index (χ0n) is 12.6. The fraction of sp³-hybridized carbons (Fsp3) is 0.867. The highest BCUT2D eigenvalue weighted by molar-refractivity contribution is 4.99. The molecule has 19 heavy (non-hydrogen) atoms. The van der Waals surface area contributed by atoms with Crippen LogP contribution in [0.15, 0.2) is 6.33 Å². The molecule has 0 aliphatic heterocycles. The first-order valence-corrected chi connectivity index (χ1v) is 7.69. The van der Waals surface area contributed by atoms with Gasteiger partial charge in [0.15, 0.2) is 0 Å². The molecule has 0 spiro atoms. The Kier molecular flexibility index (Phi) is 4.61. The lowest BCUT2D eigenvalue weighted by atomic mass is 9.75. The maximum Gasteiger partial charge on any atom is 0.138 e. The first-order valence-electron chi connectivity index (χ1n) is 7.69. The first-order chi connectivity index (χ1) is 9.07. The van der Waals surface area contributed by atoms with E-state index in [0.717, 1.165) is 18.8 Å². The third kappa shape index (κ3) is 3.16. The zero-order valence-corrected chi connectivity index (χ0v) is 12.6. The van der Waals surface area contributed by atoms with Gasteiger partial charge in [-0.3, -0.25) is 0 Å². The fourth-order valence-electron chi connectivity index (χ4n) is 3.42. The van der Waals surface area contributed by atoms with Crippen LogP contribution in [0.4, 0.5) is 0 Å². The fourth-order valence-corrected chi connectivity index (χ4v) is 3.42. The Hall–Kier alpha value is -0.900. The third-order valence-corrected chi connectivity index (χ3v) is 4.73. The van der Waals surface area contributed by atoms with E-state index in [9.17, 15) is 0 Å². The van der Waals surface area contributed by atoms with E-state index < -0.39 is 0 Å². The van der Waals surface area contributed by atoms with Crippen molar-refractivity contribution in [1.29, 1.82) is 0 Å². The third-order valence-electron chi connectivity index (χ3n) is 4.73. The van der Waals surface area contributed by atoms with E-state index in [1.807, 2.05) is 4.68 Å². The molecule has 1 aromatic heterocycles. The number of hydrogen-bond donors (Lipinski definition) is 1. The van der Waals surface area contributed by atoms with Crippen molar-refractivity contribution in [3.05, 3.63) is 12.2 Å². The molecule has 1 saturated carbocycles. The van der Waals surface area contributed by atoms with E-state index in [4.69, 9.17) is 5.73 Å². The van der Waals surface area contributed by atoms with Crippen molar-refractivity contribution in [2.24, 2.45) is 17.1 Å². The molecule has 108 valence electrons. The normalized spacial score (nSPS) is 20.1. The van der Waals surface area contributed by atoms with Gasteiger partial charge in [-0.2, -0.15) is 5.10 Å². The molecule has 4 nitrogen and oxygen atoms in total. The summed E-state index contributed by atoms with van der Waals surface area (Å²) >= 11 is 0. The van der Waals surface area contributed by atoms with Crippen LogP contribution in [0.5, 0.6) is 0 Å². The van der Waals surface area contributed by atoms with Gasteiger partial charge in [-0.05, 0) is 30.6 Å². The average molecular weight is 264 g/mol. The van der Waals surface area contributed by atoms with Crippen molar-refractivity contribution in [3.8, 4) is 0 Å². The lowest BCUT2D eigenvalue weighted by Gasteiger charge is -2.34. The van der Waals surface area contributed by atoms with Gasteiger partial charge >= 0.3 is 0 Å². The molecule has 0 radical (unpaired) electrons. The molecular weight excluding hydrogens is 236 g/mol. The zero-order chi connectivity index (χ0) is 13.9.